The number of anilines is 1. The molecule has 2 heterocycles. The first-order valence-corrected chi connectivity index (χ1v) is 7.16. The average Bonchev–Trinajstić information content (AvgIpc) is 2.92. The third-order valence-corrected chi connectivity index (χ3v) is 3.63. The van der Waals surface area contributed by atoms with Gasteiger partial charge in [-0.15, -0.1) is 0 Å². The molecule has 0 atom stereocenters. The van der Waals surface area contributed by atoms with Crippen LogP contribution in [0.15, 0.2) is 29.0 Å². The highest BCUT2D eigenvalue weighted by molar-refractivity contribution is 7.07. The molecule has 1 amide bonds. The van der Waals surface area contributed by atoms with Gasteiger partial charge in [0, 0.05) is 13.6 Å². The lowest BCUT2D eigenvalue weighted by molar-refractivity contribution is 0.0949. The molecule has 0 aliphatic heterocycles. The van der Waals surface area contributed by atoms with Gasteiger partial charge in [-0.25, -0.2) is 4.98 Å². The number of aromatic nitrogens is 1. The van der Waals surface area contributed by atoms with Gasteiger partial charge in [-0.05, 0) is 40.9 Å². The molecule has 2 aromatic rings. The minimum Gasteiger partial charge on any atom is -0.373 e. The van der Waals surface area contributed by atoms with E-state index in [0.29, 0.717) is 17.4 Å². The van der Waals surface area contributed by atoms with E-state index >= 15 is 0 Å². The van der Waals surface area contributed by atoms with E-state index in [1.807, 2.05) is 11.4 Å². The summed E-state index contributed by atoms with van der Waals surface area (Å²) in [5, 5.41) is 10.1. The SMILES string of the molecule is CNc1ccc(Cl)c(C(=O)NCCc2ccsc2)n1. The highest BCUT2D eigenvalue weighted by atomic mass is 35.5. The number of rotatable bonds is 5. The Bertz CT molecular complexity index is 557. The van der Waals surface area contributed by atoms with E-state index < -0.39 is 0 Å². The molecule has 0 aromatic carbocycles. The van der Waals surface area contributed by atoms with Crippen LogP contribution in [0.2, 0.25) is 5.02 Å². The van der Waals surface area contributed by atoms with Crippen molar-refractivity contribution in [1.82, 2.24) is 10.3 Å². The maximum Gasteiger partial charge on any atom is 0.271 e. The predicted molar refractivity (Wildman–Crippen MR) is 79.1 cm³/mol. The van der Waals surface area contributed by atoms with E-state index in [-0.39, 0.29) is 11.6 Å². The second-order valence-electron chi connectivity index (χ2n) is 3.91. The molecule has 0 saturated heterocycles. The van der Waals surface area contributed by atoms with Gasteiger partial charge in [0.2, 0.25) is 0 Å². The van der Waals surface area contributed by atoms with Gasteiger partial charge < -0.3 is 10.6 Å². The van der Waals surface area contributed by atoms with Crippen molar-refractivity contribution in [2.75, 3.05) is 18.9 Å². The Morgan fingerprint density at radius 1 is 1.42 bits per heavy atom. The third-order valence-electron chi connectivity index (χ3n) is 2.60. The van der Waals surface area contributed by atoms with E-state index in [9.17, 15) is 4.79 Å². The number of pyridine rings is 1. The molecule has 0 bridgehead atoms. The Balaban J connectivity index is 1.95. The molecule has 2 rings (SSSR count). The van der Waals surface area contributed by atoms with Crippen LogP contribution >= 0.6 is 22.9 Å². The standard InChI is InChI=1S/C13H14ClN3OS/c1-15-11-3-2-10(14)12(17-11)13(18)16-6-4-9-5-7-19-8-9/h2-3,5,7-8H,4,6H2,1H3,(H,15,17)(H,16,18). The molecule has 0 spiro atoms. The molecule has 0 aliphatic carbocycles. The number of hydrogen-bond donors (Lipinski definition) is 2. The zero-order chi connectivity index (χ0) is 13.7. The number of amides is 1. The maximum absolute atomic E-state index is 12.0. The third kappa shape index (κ3) is 3.68. The Hall–Kier alpha value is -1.59. The molecule has 4 nitrogen and oxygen atoms in total. The minimum absolute atomic E-state index is 0.249. The molecule has 19 heavy (non-hydrogen) atoms. The van der Waals surface area contributed by atoms with Gasteiger partial charge in [0.05, 0.1) is 5.02 Å². The largest absolute Gasteiger partial charge is 0.373 e. The Morgan fingerprint density at radius 3 is 2.95 bits per heavy atom. The first-order valence-electron chi connectivity index (χ1n) is 5.84. The van der Waals surface area contributed by atoms with Crippen LogP contribution in [-0.4, -0.2) is 24.5 Å². The maximum atomic E-state index is 12.0. The number of nitrogens with zero attached hydrogens (tertiary/aromatic N) is 1. The Kier molecular flexibility index (Phi) is 4.76. The van der Waals surface area contributed by atoms with Gasteiger partial charge in [0.1, 0.15) is 11.5 Å². The molecule has 2 aromatic heterocycles. The molecule has 0 fully saturated rings. The summed E-state index contributed by atoms with van der Waals surface area (Å²) < 4.78 is 0. The summed E-state index contributed by atoms with van der Waals surface area (Å²) in [4.78, 5) is 16.1. The Morgan fingerprint density at radius 2 is 2.26 bits per heavy atom. The normalized spacial score (nSPS) is 10.2. The highest BCUT2D eigenvalue weighted by Gasteiger charge is 2.12. The van der Waals surface area contributed by atoms with Crippen molar-refractivity contribution in [1.29, 1.82) is 0 Å². The van der Waals surface area contributed by atoms with Gasteiger partial charge in [-0.3, -0.25) is 4.79 Å². The van der Waals surface area contributed by atoms with Gasteiger partial charge in [-0.2, -0.15) is 11.3 Å². The molecule has 0 saturated carbocycles. The fourth-order valence-electron chi connectivity index (χ4n) is 1.58. The first kappa shape index (κ1) is 13.8. The summed E-state index contributed by atoms with van der Waals surface area (Å²) in [6, 6.07) is 5.43. The minimum atomic E-state index is -0.252. The molecule has 2 N–H and O–H groups in total. The summed E-state index contributed by atoms with van der Waals surface area (Å²) >= 11 is 7.62. The van der Waals surface area contributed by atoms with Crippen molar-refractivity contribution in [2.24, 2.45) is 0 Å². The lowest BCUT2D eigenvalue weighted by atomic mass is 10.2. The summed E-state index contributed by atoms with van der Waals surface area (Å²) in [7, 11) is 1.74. The number of thiophene rings is 1. The smallest absolute Gasteiger partial charge is 0.271 e. The van der Waals surface area contributed by atoms with Crippen molar-refractivity contribution < 1.29 is 4.79 Å². The average molecular weight is 296 g/mol. The number of halogens is 1. The van der Waals surface area contributed by atoms with Crippen molar-refractivity contribution >= 4 is 34.7 Å². The number of nitrogens with one attached hydrogen (secondary N) is 2. The van der Waals surface area contributed by atoms with Crippen molar-refractivity contribution in [3.8, 4) is 0 Å². The van der Waals surface area contributed by atoms with Crippen molar-refractivity contribution in [3.05, 3.63) is 45.2 Å². The molecule has 0 unspecified atom stereocenters. The van der Waals surface area contributed by atoms with E-state index in [2.05, 4.69) is 21.0 Å². The van der Waals surface area contributed by atoms with Crippen molar-refractivity contribution in [3.63, 3.8) is 0 Å². The fraction of sp³-hybridized carbons (Fsp3) is 0.231. The number of carbonyl (C=O) groups is 1. The molecule has 6 heteroatoms. The highest BCUT2D eigenvalue weighted by Crippen LogP contribution is 2.16. The van der Waals surface area contributed by atoms with Crippen LogP contribution in [0.4, 0.5) is 5.82 Å². The zero-order valence-electron chi connectivity index (χ0n) is 10.4. The first-order chi connectivity index (χ1) is 9.20. The number of carbonyl (C=O) groups excluding carboxylic acids is 1. The van der Waals surface area contributed by atoms with Crippen LogP contribution < -0.4 is 10.6 Å². The van der Waals surface area contributed by atoms with E-state index in [1.54, 1.807) is 30.5 Å². The van der Waals surface area contributed by atoms with Gasteiger partial charge in [0.25, 0.3) is 5.91 Å². The van der Waals surface area contributed by atoms with E-state index in [1.165, 1.54) is 5.56 Å². The van der Waals surface area contributed by atoms with Crippen LogP contribution in [0.5, 0.6) is 0 Å². The van der Waals surface area contributed by atoms with Crippen LogP contribution in [0, 0.1) is 0 Å². The van der Waals surface area contributed by atoms with Crippen LogP contribution in [0.1, 0.15) is 16.1 Å². The monoisotopic (exact) mass is 295 g/mol. The lowest BCUT2D eigenvalue weighted by Gasteiger charge is -2.07. The van der Waals surface area contributed by atoms with Gasteiger partial charge in [-0.1, -0.05) is 11.6 Å². The number of hydrogen-bond acceptors (Lipinski definition) is 4. The lowest BCUT2D eigenvalue weighted by Crippen LogP contribution is -2.27. The molecule has 0 aliphatic rings. The van der Waals surface area contributed by atoms with Gasteiger partial charge in [0.15, 0.2) is 0 Å². The molecular formula is C13H14ClN3OS. The molecule has 100 valence electrons. The van der Waals surface area contributed by atoms with Crippen LogP contribution in [0.3, 0.4) is 0 Å². The summed E-state index contributed by atoms with van der Waals surface area (Å²) in [6.07, 6.45) is 0.804. The van der Waals surface area contributed by atoms with E-state index in [0.717, 1.165) is 6.42 Å². The molecular weight excluding hydrogens is 282 g/mol. The quantitative estimate of drug-likeness (QED) is 0.892. The zero-order valence-corrected chi connectivity index (χ0v) is 12.0. The summed E-state index contributed by atoms with van der Waals surface area (Å²) in [5.74, 6) is 0.365. The van der Waals surface area contributed by atoms with E-state index in [4.69, 9.17) is 11.6 Å². The topological polar surface area (TPSA) is 54.0 Å². The summed E-state index contributed by atoms with van der Waals surface area (Å²) in [5.41, 5.74) is 1.46. The second kappa shape index (κ2) is 6.54. The molecule has 0 radical (unpaired) electrons. The second-order valence-corrected chi connectivity index (χ2v) is 5.10. The predicted octanol–water partition coefficient (Wildman–Crippen LogP) is 2.81. The fourth-order valence-corrected chi connectivity index (χ4v) is 2.47. The van der Waals surface area contributed by atoms with Crippen LogP contribution in [0.25, 0.3) is 0 Å². The summed E-state index contributed by atoms with van der Waals surface area (Å²) in [6.45, 7) is 0.567. The van der Waals surface area contributed by atoms with Crippen molar-refractivity contribution in [2.45, 2.75) is 6.42 Å². The van der Waals surface area contributed by atoms with Gasteiger partial charge >= 0.3 is 0 Å². The Labute approximate surface area is 120 Å². The van der Waals surface area contributed by atoms with Crippen LogP contribution in [-0.2, 0) is 6.42 Å².